The smallest absolute Gasteiger partial charge is 0.00391 e. The van der Waals surface area contributed by atoms with Crippen molar-refractivity contribution in [1.82, 2.24) is 5.32 Å². The lowest BCUT2D eigenvalue weighted by molar-refractivity contribution is 0.658. The van der Waals surface area contributed by atoms with Crippen molar-refractivity contribution in [2.75, 3.05) is 6.54 Å². The Morgan fingerprint density at radius 3 is 2.33 bits per heavy atom. The zero-order valence-electron chi connectivity index (χ0n) is 4.49. The van der Waals surface area contributed by atoms with Crippen LogP contribution in [0, 0.1) is 6.92 Å². The lowest BCUT2D eigenvalue weighted by Crippen LogP contribution is -2.21. The van der Waals surface area contributed by atoms with Gasteiger partial charge < -0.3 is 5.32 Å². The first-order chi connectivity index (χ1) is 2.77. The highest BCUT2D eigenvalue weighted by molar-refractivity contribution is 4.57. The first-order valence-corrected chi connectivity index (χ1v) is 2.33. The standard InChI is InChI=1S/C5H12N/c1-4-6-5(2)3/h5-6H,2,4H2,1,3H3. The second kappa shape index (κ2) is 3.16. The van der Waals surface area contributed by atoms with E-state index in [1.807, 2.05) is 6.92 Å². The van der Waals surface area contributed by atoms with E-state index in [-0.39, 0.29) is 0 Å². The number of rotatable bonds is 2. The van der Waals surface area contributed by atoms with Gasteiger partial charge in [0.1, 0.15) is 0 Å². The molecule has 1 nitrogen and oxygen atoms in total. The van der Waals surface area contributed by atoms with E-state index in [4.69, 9.17) is 0 Å². The summed E-state index contributed by atoms with van der Waals surface area (Å²) in [6.45, 7) is 8.84. The number of hydrogen-bond acceptors (Lipinski definition) is 1. The molecule has 0 fully saturated rings. The molecule has 1 heteroatoms. The molecular formula is C5H12N. The van der Waals surface area contributed by atoms with Crippen LogP contribution in [0.3, 0.4) is 0 Å². The molecular weight excluding hydrogens is 74.1 g/mol. The molecule has 0 aromatic carbocycles. The van der Waals surface area contributed by atoms with Gasteiger partial charge in [0.2, 0.25) is 0 Å². The molecule has 0 aliphatic heterocycles. The zero-order chi connectivity index (χ0) is 4.99. The highest BCUT2D eigenvalue weighted by Crippen LogP contribution is 1.69. The van der Waals surface area contributed by atoms with E-state index in [0.717, 1.165) is 6.54 Å². The van der Waals surface area contributed by atoms with Crippen molar-refractivity contribution in [3.63, 3.8) is 0 Å². The summed E-state index contributed by atoms with van der Waals surface area (Å²) in [5.74, 6) is 0. The van der Waals surface area contributed by atoms with Gasteiger partial charge in [-0.15, -0.1) is 0 Å². The van der Waals surface area contributed by atoms with E-state index in [2.05, 4.69) is 19.2 Å². The second-order valence-electron chi connectivity index (χ2n) is 1.46. The first-order valence-electron chi connectivity index (χ1n) is 2.33. The summed E-state index contributed by atoms with van der Waals surface area (Å²) >= 11 is 0. The minimum absolute atomic E-state index is 0.398. The van der Waals surface area contributed by atoms with Crippen LogP contribution >= 0.6 is 0 Å². The molecule has 0 aliphatic carbocycles. The van der Waals surface area contributed by atoms with Gasteiger partial charge in [-0.3, -0.25) is 0 Å². The molecule has 0 aromatic heterocycles. The molecule has 0 saturated carbocycles. The van der Waals surface area contributed by atoms with Crippen molar-refractivity contribution in [3.05, 3.63) is 6.92 Å². The molecule has 1 radical (unpaired) electrons. The fourth-order valence-electron chi connectivity index (χ4n) is 0.348. The molecule has 0 saturated heterocycles. The Bertz CT molecular complexity index is 25.1. The third kappa shape index (κ3) is 3.96. The SMILES string of the molecule is [CH2]C(C)NCC. The molecule has 0 aromatic rings. The van der Waals surface area contributed by atoms with Crippen molar-refractivity contribution in [3.8, 4) is 0 Å². The van der Waals surface area contributed by atoms with Crippen molar-refractivity contribution < 1.29 is 0 Å². The molecule has 0 heterocycles. The maximum absolute atomic E-state index is 3.72. The third-order valence-corrected chi connectivity index (χ3v) is 0.553. The van der Waals surface area contributed by atoms with Crippen LogP contribution in [0.15, 0.2) is 0 Å². The normalized spacial score (nSPS) is 10.0. The van der Waals surface area contributed by atoms with Crippen LogP contribution in [0.4, 0.5) is 0 Å². The summed E-state index contributed by atoms with van der Waals surface area (Å²) < 4.78 is 0. The molecule has 1 unspecified atom stereocenters. The molecule has 0 bridgehead atoms. The van der Waals surface area contributed by atoms with Gasteiger partial charge in [-0.05, 0) is 20.4 Å². The van der Waals surface area contributed by atoms with Crippen molar-refractivity contribution in [2.24, 2.45) is 0 Å². The van der Waals surface area contributed by atoms with E-state index in [1.165, 1.54) is 0 Å². The van der Waals surface area contributed by atoms with E-state index < -0.39 is 0 Å². The summed E-state index contributed by atoms with van der Waals surface area (Å²) in [6, 6.07) is 0.398. The topological polar surface area (TPSA) is 12.0 Å². The monoisotopic (exact) mass is 86.1 g/mol. The van der Waals surface area contributed by atoms with Gasteiger partial charge in [0.05, 0.1) is 0 Å². The fraction of sp³-hybridized carbons (Fsp3) is 0.800. The van der Waals surface area contributed by atoms with Crippen LogP contribution in [-0.2, 0) is 0 Å². The lowest BCUT2D eigenvalue weighted by Gasteiger charge is -2.00. The predicted octanol–water partition coefficient (Wildman–Crippen LogP) is 0.818. The summed E-state index contributed by atoms with van der Waals surface area (Å²) in [5, 5.41) is 3.10. The van der Waals surface area contributed by atoms with Gasteiger partial charge in [-0.1, -0.05) is 6.92 Å². The minimum Gasteiger partial charge on any atom is -0.315 e. The van der Waals surface area contributed by atoms with Crippen molar-refractivity contribution in [1.29, 1.82) is 0 Å². The Morgan fingerprint density at radius 2 is 2.33 bits per heavy atom. The Balaban J connectivity index is 2.63. The molecule has 1 N–H and O–H groups in total. The molecule has 37 valence electrons. The average Bonchev–Trinajstić information content (AvgIpc) is 1.35. The number of hydrogen-bond donors (Lipinski definition) is 1. The quantitative estimate of drug-likeness (QED) is 0.524. The summed E-state index contributed by atoms with van der Waals surface area (Å²) in [7, 11) is 0. The molecule has 0 rings (SSSR count). The van der Waals surface area contributed by atoms with Gasteiger partial charge >= 0.3 is 0 Å². The fourth-order valence-corrected chi connectivity index (χ4v) is 0.348. The van der Waals surface area contributed by atoms with E-state index >= 15 is 0 Å². The molecule has 1 atom stereocenters. The Kier molecular flexibility index (Phi) is 3.14. The average molecular weight is 86.2 g/mol. The Labute approximate surface area is 39.7 Å². The van der Waals surface area contributed by atoms with E-state index in [1.54, 1.807) is 0 Å². The van der Waals surface area contributed by atoms with E-state index in [9.17, 15) is 0 Å². The predicted molar refractivity (Wildman–Crippen MR) is 28.5 cm³/mol. The molecule has 0 amide bonds. The summed E-state index contributed by atoms with van der Waals surface area (Å²) in [5.41, 5.74) is 0. The maximum Gasteiger partial charge on any atom is 0.00391 e. The van der Waals surface area contributed by atoms with Gasteiger partial charge in [-0.25, -0.2) is 0 Å². The van der Waals surface area contributed by atoms with Crippen LogP contribution in [-0.4, -0.2) is 12.6 Å². The molecule has 0 aliphatic rings. The van der Waals surface area contributed by atoms with Gasteiger partial charge in [0.25, 0.3) is 0 Å². The Morgan fingerprint density at radius 1 is 1.83 bits per heavy atom. The minimum atomic E-state index is 0.398. The van der Waals surface area contributed by atoms with Crippen LogP contribution in [0.1, 0.15) is 13.8 Å². The van der Waals surface area contributed by atoms with Crippen LogP contribution in [0.25, 0.3) is 0 Å². The highest BCUT2D eigenvalue weighted by Gasteiger charge is 1.82. The zero-order valence-corrected chi connectivity index (χ0v) is 4.49. The number of nitrogens with one attached hydrogen (secondary N) is 1. The van der Waals surface area contributed by atoms with Crippen molar-refractivity contribution in [2.45, 2.75) is 19.9 Å². The van der Waals surface area contributed by atoms with Gasteiger partial charge in [0.15, 0.2) is 0 Å². The Hall–Kier alpha value is -0.0400. The highest BCUT2D eigenvalue weighted by atomic mass is 14.9. The largest absolute Gasteiger partial charge is 0.315 e. The van der Waals surface area contributed by atoms with Crippen LogP contribution in [0.5, 0.6) is 0 Å². The lowest BCUT2D eigenvalue weighted by atomic mass is 10.4. The summed E-state index contributed by atoms with van der Waals surface area (Å²) in [4.78, 5) is 0. The van der Waals surface area contributed by atoms with Crippen LogP contribution < -0.4 is 5.32 Å². The van der Waals surface area contributed by atoms with Crippen LogP contribution in [0.2, 0.25) is 0 Å². The molecule has 0 spiro atoms. The van der Waals surface area contributed by atoms with E-state index in [0.29, 0.717) is 6.04 Å². The third-order valence-electron chi connectivity index (χ3n) is 0.553. The second-order valence-corrected chi connectivity index (χ2v) is 1.46. The van der Waals surface area contributed by atoms with Gasteiger partial charge in [0, 0.05) is 6.04 Å². The van der Waals surface area contributed by atoms with Gasteiger partial charge in [-0.2, -0.15) is 0 Å². The van der Waals surface area contributed by atoms with Crippen molar-refractivity contribution >= 4 is 0 Å². The molecule has 6 heavy (non-hydrogen) atoms. The first kappa shape index (κ1) is 5.96. The maximum atomic E-state index is 3.72. The summed E-state index contributed by atoms with van der Waals surface area (Å²) in [6.07, 6.45) is 0.